The third kappa shape index (κ3) is 5.05. The lowest BCUT2D eigenvalue weighted by atomic mass is 9.94. The molecule has 9 heteroatoms. The molecule has 0 saturated carbocycles. The van der Waals surface area contributed by atoms with Crippen molar-refractivity contribution in [2.24, 2.45) is 0 Å². The summed E-state index contributed by atoms with van der Waals surface area (Å²) < 4.78 is 0.917. The van der Waals surface area contributed by atoms with Crippen molar-refractivity contribution in [3.05, 3.63) is 74.2 Å². The molecule has 3 N–H and O–H groups in total. The van der Waals surface area contributed by atoms with Crippen LogP contribution in [0, 0.1) is 6.92 Å². The predicted molar refractivity (Wildman–Crippen MR) is 160 cm³/mol. The van der Waals surface area contributed by atoms with E-state index in [1.807, 2.05) is 36.1 Å². The molecule has 0 bridgehead atoms. The zero-order valence-corrected chi connectivity index (χ0v) is 24.3. The first-order chi connectivity index (χ1) is 18.3. The zero-order valence-electron chi connectivity index (χ0n) is 21.2. The van der Waals surface area contributed by atoms with E-state index in [1.165, 1.54) is 11.3 Å². The number of hydrogen-bond donors (Lipinski definition) is 2. The van der Waals surface area contributed by atoms with Gasteiger partial charge in [0, 0.05) is 38.7 Å². The number of piperidine rings is 1. The summed E-state index contributed by atoms with van der Waals surface area (Å²) in [5.74, 6) is -0.360. The van der Waals surface area contributed by atoms with Crippen LogP contribution in [0.2, 0.25) is 5.02 Å². The van der Waals surface area contributed by atoms with Crippen molar-refractivity contribution < 1.29 is 9.59 Å². The Balaban J connectivity index is 1.68. The average molecular weight is 612 g/mol. The van der Waals surface area contributed by atoms with Gasteiger partial charge in [0.15, 0.2) is 0 Å². The van der Waals surface area contributed by atoms with E-state index < -0.39 is 0 Å². The van der Waals surface area contributed by atoms with Crippen LogP contribution in [0.1, 0.15) is 58.3 Å². The number of aromatic nitrogens is 1. The highest BCUT2D eigenvalue weighted by atomic mass is 79.9. The number of benzene rings is 2. The normalized spacial score (nSPS) is 15.6. The summed E-state index contributed by atoms with van der Waals surface area (Å²) in [7, 11) is 0. The fourth-order valence-electron chi connectivity index (χ4n) is 5.16. The Hall–Kier alpha value is -2.94. The predicted octanol–water partition coefficient (Wildman–Crippen LogP) is 7.93. The van der Waals surface area contributed by atoms with E-state index in [9.17, 15) is 9.59 Å². The Morgan fingerprint density at radius 2 is 1.87 bits per heavy atom. The maximum Gasteiger partial charge on any atom is 0.266 e. The second-order valence-corrected chi connectivity index (χ2v) is 11.8. The van der Waals surface area contributed by atoms with E-state index in [0.29, 0.717) is 48.3 Å². The molecule has 6 nitrogen and oxygen atoms in total. The summed E-state index contributed by atoms with van der Waals surface area (Å²) in [6.07, 6.45) is 4.03. The first-order valence-corrected chi connectivity index (χ1v) is 14.6. The summed E-state index contributed by atoms with van der Waals surface area (Å²) in [6.45, 7) is 4.66. The van der Waals surface area contributed by atoms with Gasteiger partial charge in [-0.1, -0.05) is 46.6 Å². The van der Waals surface area contributed by atoms with Crippen LogP contribution < -0.4 is 11.1 Å². The quantitative estimate of drug-likeness (QED) is 0.240. The first-order valence-electron chi connectivity index (χ1n) is 12.6. The summed E-state index contributed by atoms with van der Waals surface area (Å²) in [5.41, 5.74) is 10.2. The van der Waals surface area contributed by atoms with Crippen molar-refractivity contribution in [1.82, 2.24) is 9.88 Å². The third-order valence-electron chi connectivity index (χ3n) is 7.07. The molecule has 3 heterocycles. The Kier molecular flexibility index (Phi) is 7.75. The van der Waals surface area contributed by atoms with Crippen LogP contribution in [-0.4, -0.2) is 34.3 Å². The summed E-state index contributed by atoms with van der Waals surface area (Å²) in [5, 5.41) is 4.19. The SMILES string of the molecule is CC[C@H]1CCCCN1C(=O)c1sc2nc(C)c(C(=O)Nc3ccc(Cl)cc3)c(-c3ccc(Br)cc3)c2c1N. The van der Waals surface area contributed by atoms with Crippen LogP contribution in [0.4, 0.5) is 11.4 Å². The van der Waals surface area contributed by atoms with E-state index in [0.717, 1.165) is 42.3 Å². The number of pyridine rings is 1. The maximum atomic E-state index is 13.8. The number of nitrogens with two attached hydrogens (primary N) is 1. The minimum Gasteiger partial charge on any atom is -0.397 e. The van der Waals surface area contributed by atoms with Crippen molar-refractivity contribution in [3.8, 4) is 11.1 Å². The molecule has 2 amide bonds. The molecule has 1 aliphatic heterocycles. The number of fused-ring (bicyclic) bond motifs is 1. The number of carbonyl (C=O) groups is 2. The number of nitrogen functional groups attached to an aromatic ring is 1. The van der Waals surface area contributed by atoms with Gasteiger partial charge in [0.1, 0.15) is 9.71 Å². The number of rotatable bonds is 5. The van der Waals surface area contributed by atoms with Crippen LogP contribution >= 0.6 is 38.9 Å². The maximum absolute atomic E-state index is 13.8. The number of thiophene rings is 1. The number of nitrogens with one attached hydrogen (secondary N) is 1. The van der Waals surface area contributed by atoms with E-state index >= 15 is 0 Å². The highest BCUT2D eigenvalue weighted by molar-refractivity contribution is 9.10. The molecule has 196 valence electrons. The van der Waals surface area contributed by atoms with E-state index in [-0.39, 0.29) is 17.9 Å². The van der Waals surface area contributed by atoms with Gasteiger partial charge in [0.25, 0.3) is 11.8 Å². The second-order valence-electron chi connectivity index (χ2n) is 9.50. The lowest BCUT2D eigenvalue weighted by molar-refractivity contribution is 0.0614. The van der Waals surface area contributed by atoms with Gasteiger partial charge in [0.2, 0.25) is 0 Å². The standard InChI is InChI=1S/C29H28BrClN4O2S/c1-3-21-6-4-5-15-35(21)29(37)26-25(32)24-23(17-7-9-18(30)10-8-17)22(16(2)33-28(24)38-26)27(36)34-20-13-11-19(31)12-14-20/h7-14,21H,3-6,15,32H2,1-2H3,(H,34,36)/t21-/m0/s1. The molecule has 1 fully saturated rings. The number of nitrogens with zero attached hydrogens (tertiary/aromatic N) is 2. The number of anilines is 2. The molecular weight excluding hydrogens is 584 g/mol. The average Bonchev–Trinajstić information content (AvgIpc) is 3.24. The molecule has 0 aliphatic carbocycles. The molecule has 2 aromatic carbocycles. The van der Waals surface area contributed by atoms with Crippen LogP contribution in [0.3, 0.4) is 0 Å². The molecule has 4 aromatic rings. The van der Waals surface area contributed by atoms with Crippen molar-refractivity contribution in [1.29, 1.82) is 0 Å². The molecular formula is C29H28BrClN4O2S. The van der Waals surface area contributed by atoms with Gasteiger partial charge in [-0.3, -0.25) is 9.59 Å². The molecule has 1 atom stereocenters. The van der Waals surface area contributed by atoms with Crippen molar-refractivity contribution >= 4 is 72.3 Å². The molecule has 0 radical (unpaired) electrons. The Morgan fingerprint density at radius 3 is 2.55 bits per heavy atom. The number of aryl methyl sites for hydroxylation is 1. The van der Waals surface area contributed by atoms with Gasteiger partial charge in [-0.15, -0.1) is 11.3 Å². The number of amides is 2. The monoisotopic (exact) mass is 610 g/mol. The molecule has 1 saturated heterocycles. The Labute approximate surface area is 239 Å². The molecule has 1 aliphatic rings. The van der Waals surface area contributed by atoms with Gasteiger partial charge >= 0.3 is 0 Å². The van der Waals surface area contributed by atoms with Crippen LogP contribution in [0.25, 0.3) is 21.3 Å². The number of likely N-dealkylation sites (tertiary alicyclic amines) is 1. The molecule has 0 spiro atoms. The molecule has 0 unspecified atom stereocenters. The minimum absolute atomic E-state index is 0.0522. The van der Waals surface area contributed by atoms with Gasteiger partial charge < -0.3 is 16.0 Å². The second kappa shape index (κ2) is 11.0. The van der Waals surface area contributed by atoms with Gasteiger partial charge in [-0.2, -0.15) is 0 Å². The van der Waals surface area contributed by atoms with Crippen molar-refractivity contribution in [2.75, 3.05) is 17.6 Å². The molecule has 5 rings (SSSR count). The molecule has 2 aromatic heterocycles. The van der Waals surface area contributed by atoms with Crippen molar-refractivity contribution in [2.45, 2.75) is 45.6 Å². The minimum atomic E-state index is -0.308. The lowest BCUT2D eigenvalue weighted by Gasteiger charge is -2.35. The van der Waals surface area contributed by atoms with Crippen molar-refractivity contribution in [3.63, 3.8) is 0 Å². The largest absolute Gasteiger partial charge is 0.397 e. The van der Waals surface area contributed by atoms with E-state index in [4.69, 9.17) is 22.3 Å². The third-order valence-corrected chi connectivity index (χ3v) is 8.94. The fourth-order valence-corrected chi connectivity index (χ4v) is 6.65. The topological polar surface area (TPSA) is 88.3 Å². The highest BCUT2D eigenvalue weighted by Crippen LogP contribution is 2.43. The number of halogens is 2. The Morgan fingerprint density at radius 1 is 1.16 bits per heavy atom. The first kappa shape index (κ1) is 26.7. The van der Waals surface area contributed by atoms with Crippen LogP contribution in [0.15, 0.2) is 53.0 Å². The van der Waals surface area contributed by atoms with Crippen LogP contribution in [-0.2, 0) is 0 Å². The van der Waals surface area contributed by atoms with Gasteiger partial charge in [-0.05, 0) is 74.6 Å². The fraction of sp³-hybridized carbons (Fsp3) is 0.276. The van der Waals surface area contributed by atoms with Gasteiger partial charge in [0.05, 0.1) is 16.9 Å². The Bertz CT molecular complexity index is 1520. The summed E-state index contributed by atoms with van der Waals surface area (Å²) >= 11 is 10.8. The van der Waals surface area contributed by atoms with E-state index in [1.54, 1.807) is 24.3 Å². The summed E-state index contributed by atoms with van der Waals surface area (Å²) in [4.78, 5) is 35.3. The number of hydrogen-bond acceptors (Lipinski definition) is 5. The number of carbonyl (C=O) groups excluding carboxylic acids is 2. The summed E-state index contributed by atoms with van der Waals surface area (Å²) in [6, 6.07) is 14.9. The smallest absolute Gasteiger partial charge is 0.266 e. The van der Waals surface area contributed by atoms with Crippen LogP contribution in [0.5, 0.6) is 0 Å². The van der Waals surface area contributed by atoms with Gasteiger partial charge in [-0.25, -0.2) is 4.98 Å². The zero-order chi connectivity index (χ0) is 27.0. The molecule has 38 heavy (non-hydrogen) atoms. The lowest BCUT2D eigenvalue weighted by Crippen LogP contribution is -2.43. The van der Waals surface area contributed by atoms with E-state index in [2.05, 4.69) is 28.2 Å². The highest BCUT2D eigenvalue weighted by Gasteiger charge is 2.31.